The standard InChI is InChI=1S/C2H4O2.3BH3O3.BH2O3.2Na/c1-2(3)4;4*2-1(3)4;;/h1H3,(H,3,4);3*2-4H;2-3H;;/q;;;;-1;2*+1/p-1. The van der Waals surface area contributed by atoms with Gasteiger partial charge in [0.15, 0.2) is 0 Å². The Kier molecular flexibility index (Phi) is 75.4. The van der Waals surface area contributed by atoms with Gasteiger partial charge >= 0.3 is 88.4 Å². The Balaban J connectivity index is -0.0000000250. The molecule has 0 aromatic rings. The van der Waals surface area contributed by atoms with Gasteiger partial charge in [-0.3, -0.25) is 0 Å². The molecule has 0 amide bonds. The quantitative estimate of drug-likeness (QED) is 0.181. The Bertz CT molecular complexity index is 132. The summed E-state index contributed by atoms with van der Waals surface area (Å²) in [5.74, 6) is -1.08. The molecular weight excluding hydrogens is 337 g/mol. The largest absolute Gasteiger partial charge is 1.00 e. The van der Waals surface area contributed by atoms with Gasteiger partial charge in [0.25, 0.3) is 0 Å². The van der Waals surface area contributed by atoms with Crippen molar-refractivity contribution in [2.75, 3.05) is 0 Å². The first-order valence-electron chi connectivity index (χ1n) is 3.98. The minimum absolute atomic E-state index is 0. The molecule has 0 saturated heterocycles. The molecule has 0 aliphatic rings. The average Bonchev–Trinajstić information content (AvgIpc) is 1.94. The van der Waals surface area contributed by atoms with E-state index >= 15 is 0 Å². The smallest absolute Gasteiger partial charge is 0.832 e. The van der Waals surface area contributed by atoms with Crippen LogP contribution >= 0.6 is 0 Å². The predicted octanol–water partition coefficient (Wildman–Crippen LogP) is -16.1. The summed E-state index contributed by atoms with van der Waals surface area (Å²) >= 11 is 0. The maximum absolute atomic E-state index is 8.89. The van der Waals surface area contributed by atoms with E-state index in [1.807, 2.05) is 0 Å². The predicted molar refractivity (Wildman–Crippen MR) is 58.1 cm³/mol. The Morgan fingerprint density at radius 1 is 0.682 bits per heavy atom. The van der Waals surface area contributed by atoms with Crippen molar-refractivity contribution in [3.05, 3.63) is 0 Å². The second-order valence-electron chi connectivity index (χ2n) is 1.86. The van der Waals surface area contributed by atoms with Crippen LogP contribution in [-0.4, -0.2) is 90.5 Å². The Morgan fingerprint density at radius 2 is 0.682 bits per heavy atom. The molecule has 120 valence electrons. The van der Waals surface area contributed by atoms with Crippen LogP contribution in [0.15, 0.2) is 0 Å². The number of aliphatic carboxylic acids is 1. The van der Waals surface area contributed by atoms with E-state index in [0.29, 0.717) is 0 Å². The molecule has 0 aromatic heterocycles. The molecule has 0 rings (SSSR count). The fourth-order valence-electron chi connectivity index (χ4n) is 0. The topological polar surface area (TPSA) is 286 Å². The molecular formula is C2H14B4Na2O14. The maximum atomic E-state index is 8.89. The third-order valence-electron chi connectivity index (χ3n) is 0. The van der Waals surface area contributed by atoms with Gasteiger partial charge in [-0.1, -0.05) is 0 Å². The van der Waals surface area contributed by atoms with E-state index in [2.05, 4.69) is 0 Å². The molecule has 0 bridgehead atoms. The van der Waals surface area contributed by atoms with E-state index in [9.17, 15) is 0 Å². The van der Waals surface area contributed by atoms with Crippen LogP contribution in [0.3, 0.4) is 0 Å². The van der Waals surface area contributed by atoms with Crippen LogP contribution in [0.4, 0.5) is 0 Å². The summed E-state index contributed by atoms with van der Waals surface area (Å²) in [7, 11) is -8.92. The van der Waals surface area contributed by atoms with E-state index in [1.165, 1.54) is 0 Å². The SMILES string of the molecule is CC(=O)[O-].OB(O)O.OB(O)O.OB(O)O.[Na+].[Na+].[O-]B(O)O. The molecule has 0 unspecified atom stereocenters. The van der Waals surface area contributed by atoms with Crippen LogP contribution < -0.4 is 69.2 Å². The van der Waals surface area contributed by atoms with Crippen molar-refractivity contribution in [1.82, 2.24) is 0 Å². The zero-order chi connectivity index (χ0) is 17.9. The second-order valence-corrected chi connectivity index (χ2v) is 1.86. The van der Waals surface area contributed by atoms with Crippen molar-refractivity contribution in [3.8, 4) is 0 Å². The molecule has 0 saturated carbocycles. The molecule has 20 heteroatoms. The number of carboxylic acids is 1. The van der Waals surface area contributed by atoms with Crippen LogP contribution in [-0.2, 0) is 4.79 Å². The van der Waals surface area contributed by atoms with Gasteiger partial charge in [0.2, 0.25) is 0 Å². The van der Waals surface area contributed by atoms with E-state index in [4.69, 9.17) is 70.2 Å². The summed E-state index contributed by atoms with van der Waals surface area (Å²) in [5, 5.41) is 96.1. The van der Waals surface area contributed by atoms with Crippen LogP contribution in [0.25, 0.3) is 0 Å². The molecule has 0 aliphatic heterocycles. The Hall–Kier alpha value is 1.25. The fourth-order valence-corrected chi connectivity index (χ4v) is 0. The zero-order valence-corrected chi connectivity index (χ0v) is 16.0. The van der Waals surface area contributed by atoms with Gasteiger partial charge in [0.1, 0.15) is 0 Å². The van der Waals surface area contributed by atoms with Crippen LogP contribution in [0.5, 0.6) is 0 Å². The van der Waals surface area contributed by atoms with Crippen LogP contribution in [0, 0.1) is 0 Å². The number of hydrogen-bond acceptors (Lipinski definition) is 14. The van der Waals surface area contributed by atoms with Crippen LogP contribution in [0.1, 0.15) is 6.92 Å². The minimum Gasteiger partial charge on any atom is -0.832 e. The van der Waals surface area contributed by atoms with E-state index in [0.717, 1.165) is 6.92 Å². The first kappa shape index (κ1) is 43.6. The number of hydrogen-bond donors (Lipinski definition) is 11. The molecule has 0 radical (unpaired) electrons. The van der Waals surface area contributed by atoms with Gasteiger partial charge in [-0.2, -0.15) is 0 Å². The van der Waals surface area contributed by atoms with Gasteiger partial charge in [0.05, 0.1) is 0 Å². The van der Waals surface area contributed by atoms with Crippen molar-refractivity contribution in [2.24, 2.45) is 0 Å². The molecule has 0 aromatic carbocycles. The molecule has 0 heterocycles. The Labute approximate surface area is 170 Å². The molecule has 0 spiro atoms. The van der Waals surface area contributed by atoms with Crippen molar-refractivity contribution >= 4 is 35.3 Å². The third-order valence-corrected chi connectivity index (χ3v) is 0. The molecule has 14 nitrogen and oxygen atoms in total. The monoisotopic (exact) mass is 352 g/mol. The molecule has 0 atom stereocenters. The molecule has 0 aliphatic carbocycles. The number of carboxylic acid groups (broad SMARTS) is 1. The van der Waals surface area contributed by atoms with E-state index in [1.54, 1.807) is 0 Å². The summed E-state index contributed by atoms with van der Waals surface area (Å²) < 4.78 is 0. The van der Waals surface area contributed by atoms with Crippen molar-refractivity contribution in [2.45, 2.75) is 6.92 Å². The molecule has 22 heavy (non-hydrogen) atoms. The number of carbonyl (C=O) groups excluding carboxylic acids is 1. The van der Waals surface area contributed by atoms with Gasteiger partial charge in [-0.05, 0) is 6.92 Å². The van der Waals surface area contributed by atoms with Crippen molar-refractivity contribution in [1.29, 1.82) is 0 Å². The fraction of sp³-hybridized carbons (Fsp3) is 0.500. The summed E-state index contributed by atoms with van der Waals surface area (Å²) in [4.78, 5) is 8.89. The summed E-state index contributed by atoms with van der Waals surface area (Å²) in [6.07, 6.45) is 0. The van der Waals surface area contributed by atoms with Gasteiger partial charge in [0, 0.05) is 5.97 Å². The van der Waals surface area contributed by atoms with Gasteiger partial charge in [-0.15, -0.1) is 0 Å². The zero-order valence-electron chi connectivity index (χ0n) is 12.0. The van der Waals surface area contributed by atoms with Crippen LogP contribution in [0.2, 0.25) is 0 Å². The third kappa shape index (κ3) is 5580. The maximum Gasteiger partial charge on any atom is 1.00 e. The Morgan fingerprint density at radius 3 is 0.682 bits per heavy atom. The van der Waals surface area contributed by atoms with Gasteiger partial charge in [-0.25, -0.2) is 0 Å². The number of rotatable bonds is 0. The second kappa shape index (κ2) is 38.0. The molecule has 11 N–H and O–H groups in total. The molecule has 0 fully saturated rings. The minimum atomic E-state index is -2.42. The van der Waals surface area contributed by atoms with Gasteiger partial charge < -0.3 is 70.2 Å². The normalized spacial score (nSPS) is 6.05. The van der Waals surface area contributed by atoms with Crippen molar-refractivity contribution in [3.63, 3.8) is 0 Å². The summed E-state index contributed by atoms with van der Waals surface area (Å²) in [5.41, 5.74) is 0. The average molecular weight is 351 g/mol. The first-order chi connectivity index (χ1) is 8.66. The summed E-state index contributed by atoms with van der Waals surface area (Å²) in [6.45, 7) is 0.972. The number of carbonyl (C=O) groups is 1. The van der Waals surface area contributed by atoms with Crippen molar-refractivity contribution < 1.29 is 129 Å². The van der Waals surface area contributed by atoms with E-state index < -0.39 is 35.3 Å². The summed E-state index contributed by atoms with van der Waals surface area (Å²) in [6, 6.07) is 0. The van der Waals surface area contributed by atoms with E-state index in [-0.39, 0.29) is 59.1 Å². The first-order valence-corrected chi connectivity index (χ1v) is 3.98.